The van der Waals surface area contributed by atoms with Gasteiger partial charge in [-0.05, 0) is 28.1 Å². The van der Waals surface area contributed by atoms with Crippen molar-refractivity contribution in [2.75, 3.05) is 0 Å². The number of benzene rings is 1. The van der Waals surface area contributed by atoms with Gasteiger partial charge in [0.2, 0.25) is 5.82 Å². The normalized spacial score (nSPS) is 16.2. The smallest absolute Gasteiger partial charge is 0.266 e. The summed E-state index contributed by atoms with van der Waals surface area (Å²) < 4.78 is 0. The molecule has 144 valence electrons. The average molecular weight is 421 g/mol. The van der Waals surface area contributed by atoms with E-state index >= 15 is 0 Å². The van der Waals surface area contributed by atoms with Gasteiger partial charge in [0, 0.05) is 16.9 Å². The van der Waals surface area contributed by atoms with Crippen LogP contribution in [-0.4, -0.2) is 36.8 Å². The van der Waals surface area contributed by atoms with Crippen molar-refractivity contribution in [1.82, 2.24) is 25.2 Å². The molecule has 7 nitrogen and oxygen atoms in total. The number of hydrazone groups is 1. The van der Waals surface area contributed by atoms with Crippen molar-refractivity contribution in [3.05, 3.63) is 75.1 Å². The van der Waals surface area contributed by atoms with Gasteiger partial charge in [0.05, 0.1) is 16.6 Å². The van der Waals surface area contributed by atoms with Crippen molar-refractivity contribution in [2.24, 2.45) is 5.10 Å². The number of thiophene rings is 2. The zero-order valence-corrected chi connectivity index (χ0v) is 16.9. The molecular weight excluding hydrogens is 404 g/mol. The van der Waals surface area contributed by atoms with Gasteiger partial charge in [0.25, 0.3) is 5.91 Å². The summed E-state index contributed by atoms with van der Waals surface area (Å²) in [5.41, 5.74) is 1.80. The zero-order chi connectivity index (χ0) is 19.6. The molecule has 0 spiro atoms. The van der Waals surface area contributed by atoms with Crippen LogP contribution in [0.5, 0.6) is 0 Å². The van der Waals surface area contributed by atoms with Crippen LogP contribution in [0.2, 0.25) is 0 Å². The second-order valence-corrected chi connectivity index (χ2v) is 8.43. The van der Waals surface area contributed by atoms with E-state index in [0.29, 0.717) is 12.2 Å². The van der Waals surface area contributed by atoms with Gasteiger partial charge in [-0.2, -0.15) is 9.90 Å². The van der Waals surface area contributed by atoms with Crippen molar-refractivity contribution in [3.8, 4) is 11.4 Å². The van der Waals surface area contributed by atoms with Gasteiger partial charge in [-0.3, -0.25) is 4.79 Å². The topological polar surface area (TPSA) is 76.3 Å². The number of hydrogen-bond donors (Lipinski definition) is 0. The molecule has 1 aliphatic rings. The molecule has 1 aliphatic heterocycles. The van der Waals surface area contributed by atoms with Gasteiger partial charge in [0.1, 0.15) is 6.54 Å². The summed E-state index contributed by atoms with van der Waals surface area (Å²) in [6.07, 6.45) is 0.701. The second-order valence-electron chi connectivity index (χ2n) is 6.51. The lowest BCUT2D eigenvalue weighted by molar-refractivity contribution is -0.134. The number of carbonyl (C=O) groups is 1. The first-order chi connectivity index (χ1) is 14.3. The van der Waals surface area contributed by atoms with Crippen LogP contribution in [0, 0.1) is 0 Å². The van der Waals surface area contributed by atoms with Crippen LogP contribution in [0.3, 0.4) is 0 Å². The van der Waals surface area contributed by atoms with E-state index in [1.165, 1.54) is 4.80 Å². The predicted molar refractivity (Wildman–Crippen MR) is 113 cm³/mol. The molecule has 1 atom stereocenters. The Morgan fingerprint density at radius 2 is 1.86 bits per heavy atom. The van der Waals surface area contributed by atoms with E-state index in [2.05, 4.69) is 20.5 Å². The first-order valence-electron chi connectivity index (χ1n) is 9.08. The summed E-state index contributed by atoms with van der Waals surface area (Å²) in [5.74, 6) is 0.337. The van der Waals surface area contributed by atoms with Crippen LogP contribution >= 0.6 is 22.7 Å². The Bertz CT molecular complexity index is 1140. The first kappa shape index (κ1) is 17.9. The van der Waals surface area contributed by atoms with Crippen LogP contribution in [0.25, 0.3) is 11.4 Å². The molecule has 0 fully saturated rings. The molecule has 3 aromatic heterocycles. The summed E-state index contributed by atoms with van der Waals surface area (Å²) >= 11 is 3.27. The molecule has 1 aromatic carbocycles. The first-order valence-corrected chi connectivity index (χ1v) is 10.8. The summed E-state index contributed by atoms with van der Waals surface area (Å²) in [4.78, 5) is 16.6. The molecule has 0 bridgehead atoms. The highest BCUT2D eigenvalue weighted by molar-refractivity contribution is 7.12. The van der Waals surface area contributed by atoms with Crippen molar-refractivity contribution < 1.29 is 4.79 Å². The molecule has 0 N–H and O–H groups in total. The lowest BCUT2D eigenvalue weighted by atomic mass is 10.1. The molecule has 5 rings (SSSR count). The fraction of sp³-hybridized carbons (Fsp3) is 0.150. The highest BCUT2D eigenvalue weighted by Gasteiger charge is 2.34. The van der Waals surface area contributed by atoms with E-state index in [1.807, 2.05) is 65.4 Å². The molecule has 0 saturated heterocycles. The van der Waals surface area contributed by atoms with Gasteiger partial charge in [-0.25, -0.2) is 5.01 Å². The number of carbonyl (C=O) groups excluding carboxylic acids is 1. The molecule has 1 unspecified atom stereocenters. The van der Waals surface area contributed by atoms with Crippen LogP contribution in [0.15, 0.2) is 70.5 Å². The second kappa shape index (κ2) is 7.69. The predicted octanol–water partition coefficient (Wildman–Crippen LogP) is 3.84. The molecule has 9 heteroatoms. The molecule has 1 amide bonds. The Kier molecular flexibility index (Phi) is 4.74. The van der Waals surface area contributed by atoms with E-state index in [9.17, 15) is 4.79 Å². The lowest BCUT2D eigenvalue weighted by Gasteiger charge is -2.20. The Hall–Kier alpha value is -3.17. The maximum absolute atomic E-state index is 13.1. The molecular formula is C20H16N6OS2. The Balaban J connectivity index is 1.39. The third kappa shape index (κ3) is 3.62. The van der Waals surface area contributed by atoms with Crippen LogP contribution < -0.4 is 0 Å². The van der Waals surface area contributed by atoms with Gasteiger partial charge >= 0.3 is 0 Å². The molecule has 4 heterocycles. The number of tetrazole rings is 1. The van der Waals surface area contributed by atoms with Crippen molar-refractivity contribution in [3.63, 3.8) is 0 Å². The average Bonchev–Trinajstić information content (AvgIpc) is 3.55. The van der Waals surface area contributed by atoms with Crippen molar-refractivity contribution in [2.45, 2.75) is 19.0 Å². The molecule has 4 aromatic rings. The third-order valence-corrected chi connectivity index (χ3v) is 6.50. The van der Waals surface area contributed by atoms with Crippen LogP contribution in [0.1, 0.15) is 22.2 Å². The summed E-state index contributed by atoms with van der Waals surface area (Å²) in [7, 11) is 0. The number of nitrogens with zero attached hydrogens (tertiary/aromatic N) is 6. The zero-order valence-electron chi connectivity index (χ0n) is 15.3. The van der Waals surface area contributed by atoms with E-state index in [0.717, 1.165) is 21.0 Å². The van der Waals surface area contributed by atoms with E-state index < -0.39 is 0 Å². The number of aromatic nitrogens is 4. The molecule has 29 heavy (non-hydrogen) atoms. The molecule has 0 saturated carbocycles. The number of hydrogen-bond acceptors (Lipinski definition) is 7. The van der Waals surface area contributed by atoms with Crippen LogP contribution in [-0.2, 0) is 11.3 Å². The van der Waals surface area contributed by atoms with E-state index in [1.54, 1.807) is 27.7 Å². The number of amides is 1. The summed E-state index contributed by atoms with van der Waals surface area (Å²) in [6.45, 7) is -0.0110. The van der Waals surface area contributed by atoms with Gasteiger partial charge in [0.15, 0.2) is 0 Å². The Labute approximate surface area is 174 Å². The van der Waals surface area contributed by atoms with E-state index in [-0.39, 0.29) is 18.5 Å². The minimum atomic E-state index is -0.160. The maximum atomic E-state index is 13.1. The van der Waals surface area contributed by atoms with Crippen molar-refractivity contribution in [1.29, 1.82) is 0 Å². The minimum Gasteiger partial charge on any atom is -0.271 e. The van der Waals surface area contributed by atoms with Gasteiger partial charge < -0.3 is 0 Å². The fourth-order valence-corrected chi connectivity index (χ4v) is 4.77. The molecule has 0 radical (unpaired) electrons. The SMILES string of the molecule is O=C(Cn1nnc(-c2ccccc2)n1)N1N=C(c2cccs2)CC1c1cccs1. The quantitative estimate of drug-likeness (QED) is 0.492. The van der Waals surface area contributed by atoms with Crippen molar-refractivity contribution >= 4 is 34.3 Å². The lowest BCUT2D eigenvalue weighted by Crippen LogP contribution is -2.30. The fourth-order valence-electron chi connectivity index (χ4n) is 3.24. The Morgan fingerprint density at radius 3 is 2.62 bits per heavy atom. The largest absolute Gasteiger partial charge is 0.271 e. The van der Waals surface area contributed by atoms with Gasteiger partial charge in [-0.15, -0.1) is 32.9 Å². The third-order valence-electron chi connectivity index (χ3n) is 4.60. The summed E-state index contributed by atoms with van der Waals surface area (Å²) in [5, 5.41) is 22.7. The molecule has 0 aliphatic carbocycles. The highest BCUT2D eigenvalue weighted by atomic mass is 32.1. The number of rotatable bonds is 5. The van der Waals surface area contributed by atoms with Gasteiger partial charge in [-0.1, -0.05) is 42.5 Å². The van der Waals surface area contributed by atoms with Crippen LogP contribution in [0.4, 0.5) is 0 Å². The standard InChI is InChI=1S/C20H16N6OS2/c27-19(13-25-23-20(21-24-25)14-6-2-1-3-7-14)26-16(18-9-5-11-29-18)12-15(22-26)17-8-4-10-28-17/h1-11,16H,12-13H2. The monoisotopic (exact) mass is 420 g/mol. The summed E-state index contributed by atoms with van der Waals surface area (Å²) in [6, 6.07) is 17.6. The van der Waals surface area contributed by atoms with E-state index in [4.69, 9.17) is 0 Å². The highest BCUT2D eigenvalue weighted by Crippen LogP contribution is 2.36. The minimum absolute atomic E-state index is 0.0110. The Morgan fingerprint density at radius 1 is 1.03 bits per heavy atom. The maximum Gasteiger partial charge on any atom is 0.266 e.